The number of phenolic OH excluding ortho intramolecular Hbond substituents is 1. The highest BCUT2D eigenvalue weighted by Gasteiger charge is 2.33. The van der Waals surface area contributed by atoms with E-state index >= 15 is 0 Å². The first-order valence-corrected chi connectivity index (χ1v) is 8.88. The summed E-state index contributed by atoms with van der Waals surface area (Å²) in [5.74, 6) is -1.45. The Kier molecular flexibility index (Phi) is 5.70. The maximum atomic E-state index is 13.9. The number of aliphatic hydroxyl groups is 1. The van der Waals surface area contributed by atoms with E-state index in [1.807, 2.05) is 0 Å². The van der Waals surface area contributed by atoms with Gasteiger partial charge in [-0.25, -0.2) is 14.2 Å². The molecule has 0 unspecified atom stereocenters. The van der Waals surface area contributed by atoms with Crippen molar-refractivity contribution in [3.05, 3.63) is 70.1 Å². The summed E-state index contributed by atoms with van der Waals surface area (Å²) in [6, 6.07) is 10.5. The van der Waals surface area contributed by atoms with E-state index in [1.54, 1.807) is 24.3 Å². The zero-order valence-corrected chi connectivity index (χ0v) is 15.8. The lowest BCUT2D eigenvalue weighted by Gasteiger charge is -2.04. The summed E-state index contributed by atoms with van der Waals surface area (Å²) in [6.07, 6.45) is 1.56. The summed E-state index contributed by atoms with van der Waals surface area (Å²) in [6.45, 7) is 0. The average molecular weight is 401 g/mol. The van der Waals surface area contributed by atoms with Crippen molar-refractivity contribution in [1.29, 1.82) is 0 Å². The lowest BCUT2D eigenvalue weighted by molar-refractivity contribution is -0.135. The van der Waals surface area contributed by atoms with Crippen molar-refractivity contribution in [3.8, 4) is 11.5 Å². The number of thioether (sulfide) groups is 1. The Bertz CT molecular complexity index is 1030. The van der Waals surface area contributed by atoms with Gasteiger partial charge in [-0.2, -0.15) is 0 Å². The molecule has 1 aliphatic heterocycles. The smallest absolute Gasteiger partial charge is 0.344 e. The number of carbonyl (C=O) groups is 1. The first-order chi connectivity index (χ1) is 13.4. The molecule has 0 radical (unpaired) electrons. The van der Waals surface area contributed by atoms with E-state index in [0.717, 1.165) is 11.8 Å². The number of methoxy groups -OCH3 is 2. The highest BCUT2D eigenvalue weighted by atomic mass is 32.2. The molecular formula is C20H16FNO5S. The van der Waals surface area contributed by atoms with E-state index < -0.39 is 11.8 Å². The number of benzene rings is 2. The number of para-hydroxylation sites is 1. The van der Waals surface area contributed by atoms with E-state index in [0.29, 0.717) is 16.2 Å². The summed E-state index contributed by atoms with van der Waals surface area (Å²) < 4.78 is 23.7. The highest BCUT2D eigenvalue weighted by molar-refractivity contribution is 8.18. The number of hydrogen-bond acceptors (Lipinski definition) is 7. The van der Waals surface area contributed by atoms with Gasteiger partial charge < -0.3 is 19.7 Å². The van der Waals surface area contributed by atoms with Crippen molar-refractivity contribution in [2.75, 3.05) is 14.2 Å². The minimum absolute atomic E-state index is 0.0301. The molecule has 2 aromatic carbocycles. The number of esters is 1. The summed E-state index contributed by atoms with van der Waals surface area (Å²) in [4.78, 5) is 16.6. The van der Waals surface area contributed by atoms with Gasteiger partial charge in [0.1, 0.15) is 27.9 Å². The van der Waals surface area contributed by atoms with Crippen molar-refractivity contribution < 1.29 is 28.9 Å². The Morgan fingerprint density at radius 2 is 1.93 bits per heavy atom. The number of carbonyl (C=O) groups excluding carboxylic acids is 1. The molecule has 0 saturated heterocycles. The Balaban J connectivity index is 2.05. The molecule has 0 aromatic heterocycles. The monoisotopic (exact) mass is 401 g/mol. The molecule has 0 saturated carbocycles. The number of ether oxygens (including phenoxy) is 2. The van der Waals surface area contributed by atoms with Crippen molar-refractivity contribution >= 4 is 34.5 Å². The van der Waals surface area contributed by atoms with Crippen LogP contribution in [-0.2, 0) is 9.53 Å². The zero-order valence-electron chi connectivity index (χ0n) is 15.0. The van der Waals surface area contributed by atoms with Crippen LogP contribution in [0.2, 0.25) is 0 Å². The van der Waals surface area contributed by atoms with Gasteiger partial charge in [-0.1, -0.05) is 30.0 Å². The molecule has 144 valence electrons. The van der Waals surface area contributed by atoms with E-state index in [-0.39, 0.29) is 27.8 Å². The number of rotatable bonds is 4. The molecule has 28 heavy (non-hydrogen) atoms. The normalized spacial score (nSPS) is 16.7. The number of nitrogens with zero attached hydrogens (tertiary/aromatic N) is 1. The molecule has 0 atom stereocenters. The molecule has 1 heterocycles. The molecule has 2 aromatic rings. The van der Waals surface area contributed by atoms with E-state index in [4.69, 9.17) is 9.47 Å². The SMILES string of the molecule is COC(=O)C1=C(O)/C(=C\c2ccc(OC)c(O)c2)SC1=Nc1ccccc1F. The van der Waals surface area contributed by atoms with Crippen molar-refractivity contribution in [2.24, 2.45) is 4.99 Å². The highest BCUT2D eigenvalue weighted by Crippen LogP contribution is 2.41. The van der Waals surface area contributed by atoms with Crippen LogP contribution in [0.25, 0.3) is 6.08 Å². The second-order valence-electron chi connectivity index (χ2n) is 5.63. The largest absolute Gasteiger partial charge is 0.506 e. The zero-order chi connectivity index (χ0) is 20.3. The third-order valence-corrected chi connectivity index (χ3v) is 4.88. The van der Waals surface area contributed by atoms with Gasteiger partial charge in [0.15, 0.2) is 11.5 Å². The van der Waals surface area contributed by atoms with Crippen LogP contribution in [0.15, 0.2) is 63.7 Å². The van der Waals surface area contributed by atoms with Gasteiger partial charge in [-0.3, -0.25) is 0 Å². The van der Waals surface area contributed by atoms with Gasteiger partial charge in [0.05, 0.1) is 19.1 Å². The predicted molar refractivity (Wildman–Crippen MR) is 105 cm³/mol. The summed E-state index contributed by atoms with van der Waals surface area (Å²) in [5, 5.41) is 20.5. The number of aromatic hydroxyl groups is 1. The average Bonchev–Trinajstić information content (AvgIpc) is 2.98. The predicted octanol–water partition coefficient (Wildman–Crippen LogP) is 4.34. The number of phenols is 1. The van der Waals surface area contributed by atoms with Gasteiger partial charge in [-0.05, 0) is 35.9 Å². The van der Waals surface area contributed by atoms with Crippen LogP contribution < -0.4 is 4.74 Å². The van der Waals surface area contributed by atoms with E-state index in [9.17, 15) is 19.4 Å². The molecule has 0 spiro atoms. The molecule has 6 nitrogen and oxygen atoms in total. The standard InChI is InChI=1S/C20H16FNO5S/c1-26-15-8-7-11(9-14(15)23)10-16-18(24)17(20(25)27-2)19(28-16)22-13-6-4-3-5-12(13)21/h3-10,23-24H,1-2H3/b16-10+,22-19?. The minimum atomic E-state index is -0.791. The maximum absolute atomic E-state index is 13.9. The Morgan fingerprint density at radius 1 is 1.18 bits per heavy atom. The second kappa shape index (κ2) is 8.18. The van der Waals surface area contributed by atoms with Gasteiger partial charge in [0.2, 0.25) is 0 Å². The molecule has 0 amide bonds. The minimum Gasteiger partial charge on any atom is -0.506 e. The van der Waals surface area contributed by atoms with Crippen LogP contribution in [0.1, 0.15) is 5.56 Å². The third-order valence-electron chi connectivity index (χ3n) is 3.86. The summed E-state index contributed by atoms with van der Waals surface area (Å²) >= 11 is 0.991. The Hall–Kier alpha value is -3.26. The molecular weight excluding hydrogens is 385 g/mol. The van der Waals surface area contributed by atoms with Crippen molar-refractivity contribution in [1.82, 2.24) is 0 Å². The number of halogens is 1. The summed E-state index contributed by atoms with van der Waals surface area (Å²) in [5.41, 5.74) is 0.436. The van der Waals surface area contributed by atoms with Crippen LogP contribution in [0.3, 0.4) is 0 Å². The van der Waals surface area contributed by atoms with Gasteiger partial charge >= 0.3 is 5.97 Å². The Labute approximate surface area is 164 Å². The molecule has 0 fully saturated rings. The van der Waals surface area contributed by atoms with Gasteiger partial charge in [0.25, 0.3) is 0 Å². The fourth-order valence-electron chi connectivity index (χ4n) is 2.49. The fourth-order valence-corrected chi connectivity index (χ4v) is 3.52. The summed E-state index contributed by atoms with van der Waals surface area (Å²) in [7, 11) is 2.61. The fraction of sp³-hybridized carbons (Fsp3) is 0.100. The number of aliphatic hydroxyl groups excluding tert-OH is 1. The number of hydrogen-bond donors (Lipinski definition) is 2. The lowest BCUT2D eigenvalue weighted by atomic mass is 10.1. The molecule has 1 aliphatic rings. The third kappa shape index (κ3) is 3.86. The topological polar surface area (TPSA) is 88.4 Å². The van der Waals surface area contributed by atoms with Crippen LogP contribution >= 0.6 is 11.8 Å². The molecule has 0 aliphatic carbocycles. The molecule has 2 N–H and O–H groups in total. The molecule has 0 bridgehead atoms. The second-order valence-corrected chi connectivity index (χ2v) is 6.66. The van der Waals surface area contributed by atoms with E-state index in [2.05, 4.69) is 4.99 Å². The van der Waals surface area contributed by atoms with Crippen molar-refractivity contribution in [2.45, 2.75) is 0 Å². The van der Waals surface area contributed by atoms with Crippen molar-refractivity contribution in [3.63, 3.8) is 0 Å². The van der Waals surface area contributed by atoms with E-state index in [1.165, 1.54) is 38.5 Å². The molecule has 3 rings (SSSR count). The maximum Gasteiger partial charge on any atom is 0.344 e. The van der Waals surface area contributed by atoms with Crippen LogP contribution in [0, 0.1) is 5.82 Å². The van der Waals surface area contributed by atoms with Crippen LogP contribution in [0.5, 0.6) is 11.5 Å². The van der Waals surface area contributed by atoms with Gasteiger partial charge in [-0.15, -0.1) is 0 Å². The first kappa shape index (κ1) is 19.5. The van der Waals surface area contributed by atoms with Gasteiger partial charge in [0, 0.05) is 0 Å². The molecule has 8 heteroatoms. The lowest BCUT2D eigenvalue weighted by Crippen LogP contribution is -2.10. The van der Waals surface area contributed by atoms with Crippen LogP contribution in [-0.4, -0.2) is 35.4 Å². The van der Waals surface area contributed by atoms with Crippen LogP contribution in [0.4, 0.5) is 10.1 Å². The quantitative estimate of drug-likeness (QED) is 0.741. The first-order valence-electron chi connectivity index (χ1n) is 8.06. The number of aliphatic imine (C=N–C) groups is 1. The Morgan fingerprint density at radius 3 is 2.57 bits per heavy atom.